The topological polar surface area (TPSA) is 29.1 Å². The summed E-state index contributed by atoms with van der Waals surface area (Å²) in [6.07, 6.45) is 3.58. The molecule has 2 aliphatic rings. The highest BCUT2D eigenvalue weighted by Gasteiger charge is 2.43. The summed E-state index contributed by atoms with van der Waals surface area (Å²) >= 11 is 6.35. The molecule has 1 fully saturated rings. The van der Waals surface area contributed by atoms with Crippen LogP contribution in [0.5, 0.6) is 0 Å². The lowest BCUT2D eigenvalue weighted by Gasteiger charge is -2.46. The summed E-state index contributed by atoms with van der Waals surface area (Å²) < 4.78 is 0. The predicted octanol–water partition coefficient (Wildman–Crippen LogP) is 4.49. The first kappa shape index (κ1) is 14.8. The monoisotopic (exact) mass is 325 g/mol. The quantitative estimate of drug-likeness (QED) is 0.822. The molecule has 1 aliphatic carbocycles. The number of amides is 1. The van der Waals surface area contributed by atoms with E-state index in [1.54, 1.807) is 0 Å². The Morgan fingerprint density at radius 2 is 2.00 bits per heavy atom. The normalized spacial score (nSPS) is 26.2. The average molecular weight is 326 g/mol. The van der Waals surface area contributed by atoms with Gasteiger partial charge in [-0.3, -0.25) is 4.79 Å². The summed E-state index contributed by atoms with van der Waals surface area (Å²) in [6, 6.07) is 15.0. The van der Waals surface area contributed by atoms with Gasteiger partial charge in [-0.25, -0.2) is 0 Å². The molecular weight excluding hydrogens is 306 g/mol. The van der Waals surface area contributed by atoms with Gasteiger partial charge in [0.2, 0.25) is 5.91 Å². The maximum atomic E-state index is 11.7. The second-order valence-corrected chi connectivity index (χ2v) is 7.34. The molecule has 1 saturated heterocycles. The van der Waals surface area contributed by atoms with Gasteiger partial charge in [-0.15, -0.1) is 0 Å². The Labute approximate surface area is 141 Å². The van der Waals surface area contributed by atoms with Gasteiger partial charge in [-0.1, -0.05) is 54.9 Å². The minimum absolute atomic E-state index is 0.0561. The predicted molar refractivity (Wildman–Crippen MR) is 93.7 cm³/mol. The van der Waals surface area contributed by atoms with Crippen LogP contribution in [0, 0.1) is 0 Å². The van der Waals surface area contributed by atoms with Crippen molar-refractivity contribution in [1.82, 2.24) is 5.32 Å². The number of benzene rings is 2. The number of piperidine rings is 1. The van der Waals surface area contributed by atoms with Crippen LogP contribution in [0.15, 0.2) is 42.5 Å². The van der Waals surface area contributed by atoms with Crippen LogP contribution in [0.1, 0.15) is 37.3 Å². The van der Waals surface area contributed by atoms with Crippen molar-refractivity contribution in [3.05, 3.63) is 58.6 Å². The van der Waals surface area contributed by atoms with Crippen molar-refractivity contribution < 1.29 is 4.79 Å². The fourth-order valence-corrected chi connectivity index (χ4v) is 4.45. The lowest BCUT2D eigenvalue weighted by atomic mass is 9.64. The van der Waals surface area contributed by atoms with Gasteiger partial charge in [0.05, 0.1) is 0 Å². The number of carbonyl (C=O) groups excluding carboxylic acids is 1. The second-order valence-electron chi connectivity index (χ2n) is 6.93. The van der Waals surface area contributed by atoms with Gasteiger partial charge in [0.25, 0.3) is 0 Å². The first-order chi connectivity index (χ1) is 11.1. The minimum Gasteiger partial charge on any atom is -0.352 e. The number of fused-ring (bicyclic) bond motifs is 3. The average Bonchev–Trinajstić information content (AvgIpc) is 2.56. The molecule has 1 N–H and O–H groups in total. The van der Waals surface area contributed by atoms with Crippen LogP contribution in [0.3, 0.4) is 0 Å². The molecule has 3 heteroatoms. The van der Waals surface area contributed by atoms with E-state index in [-0.39, 0.29) is 17.4 Å². The Hall–Kier alpha value is -1.80. The molecule has 1 aliphatic heterocycles. The summed E-state index contributed by atoms with van der Waals surface area (Å²) in [5.41, 5.74) is 5.11. The summed E-state index contributed by atoms with van der Waals surface area (Å²) in [7, 11) is 0. The third kappa shape index (κ3) is 2.36. The largest absolute Gasteiger partial charge is 0.352 e. The molecule has 1 heterocycles. The van der Waals surface area contributed by atoms with Crippen molar-refractivity contribution in [3.63, 3.8) is 0 Å². The molecule has 23 heavy (non-hydrogen) atoms. The Kier molecular flexibility index (Phi) is 3.46. The van der Waals surface area contributed by atoms with Crippen LogP contribution in [0.4, 0.5) is 0 Å². The van der Waals surface area contributed by atoms with E-state index >= 15 is 0 Å². The van der Waals surface area contributed by atoms with Gasteiger partial charge in [0.15, 0.2) is 0 Å². The number of hydrogen-bond donors (Lipinski definition) is 1. The molecular formula is C20H20ClNO. The maximum Gasteiger partial charge on any atom is 0.220 e. The van der Waals surface area contributed by atoms with Crippen molar-refractivity contribution in [3.8, 4) is 11.1 Å². The molecule has 2 nitrogen and oxygen atoms in total. The Morgan fingerprint density at radius 3 is 2.83 bits per heavy atom. The standard InChI is InChI=1S/C20H20ClNO/c1-20-11-10-19(23)22-18(20)9-7-14-12-13(6-8-16(14)20)15-4-2-3-5-17(15)21/h2-6,8,12,18H,7,9-11H2,1H3,(H,22,23)/t18-,20-/m1/s1. The summed E-state index contributed by atoms with van der Waals surface area (Å²) in [6.45, 7) is 2.30. The molecule has 0 aromatic heterocycles. The van der Waals surface area contributed by atoms with E-state index < -0.39 is 0 Å². The number of hydrogen-bond acceptors (Lipinski definition) is 1. The lowest BCUT2D eigenvalue weighted by Crippen LogP contribution is -2.55. The summed E-state index contributed by atoms with van der Waals surface area (Å²) in [5, 5.41) is 3.98. The molecule has 2 aromatic carbocycles. The lowest BCUT2D eigenvalue weighted by molar-refractivity contribution is -0.125. The number of carbonyl (C=O) groups is 1. The maximum absolute atomic E-state index is 11.7. The number of rotatable bonds is 1. The van der Waals surface area contributed by atoms with Crippen LogP contribution in [-0.2, 0) is 16.6 Å². The van der Waals surface area contributed by atoms with Crippen LogP contribution in [0.25, 0.3) is 11.1 Å². The highest BCUT2D eigenvalue weighted by atomic mass is 35.5. The number of aryl methyl sites for hydroxylation is 1. The Morgan fingerprint density at radius 1 is 1.17 bits per heavy atom. The van der Waals surface area contributed by atoms with Gasteiger partial charge in [0, 0.05) is 28.5 Å². The van der Waals surface area contributed by atoms with Crippen LogP contribution < -0.4 is 5.32 Å². The zero-order valence-corrected chi connectivity index (χ0v) is 14.0. The van der Waals surface area contributed by atoms with Gasteiger partial charge in [-0.2, -0.15) is 0 Å². The third-order valence-electron chi connectivity index (χ3n) is 5.58. The van der Waals surface area contributed by atoms with Crippen molar-refractivity contribution >= 4 is 17.5 Å². The van der Waals surface area contributed by atoms with Crippen molar-refractivity contribution in [2.45, 2.75) is 44.1 Å². The first-order valence-corrected chi connectivity index (χ1v) is 8.63. The molecule has 2 atom stereocenters. The SMILES string of the molecule is C[C@]12CCC(=O)N[C@@H]1CCc1cc(-c3ccccc3Cl)ccc12. The summed E-state index contributed by atoms with van der Waals surface area (Å²) in [4.78, 5) is 11.7. The van der Waals surface area contributed by atoms with E-state index in [0.29, 0.717) is 6.42 Å². The highest BCUT2D eigenvalue weighted by molar-refractivity contribution is 6.33. The van der Waals surface area contributed by atoms with E-state index in [9.17, 15) is 4.79 Å². The smallest absolute Gasteiger partial charge is 0.220 e. The first-order valence-electron chi connectivity index (χ1n) is 8.25. The number of halogens is 1. The van der Waals surface area contributed by atoms with Crippen molar-refractivity contribution in [2.75, 3.05) is 0 Å². The second kappa shape index (κ2) is 5.38. The fraction of sp³-hybridized carbons (Fsp3) is 0.350. The molecule has 0 unspecified atom stereocenters. The summed E-state index contributed by atoms with van der Waals surface area (Å²) in [5.74, 6) is 0.198. The highest BCUT2D eigenvalue weighted by Crippen LogP contribution is 2.44. The van der Waals surface area contributed by atoms with Gasteiger partial charge in [-0.05, 0) is 42.0 Å². The molecule has 4 rings (SSSR count). The molecule has 0 bridgehead atoms. The Bertz CT molecular complexity index is 785. The van der Waals surface area contributed by atoms with Crippen LogP contribution in [-0.4, -0.2) is 11.9 Å². The molecule has 118 valence electrons. The fourth-order valence-electron chi connectivity index (χ4n) is 4.21. The Balaban J connectivity index is 1.77. The van der Waals surface area contributed by atoms with Crippen molar-refractivity contribution in [1.29, 1.82) is 0 Å². The van der Waals surface area contributed by atoms with E-state index in [0.717, 1.165) is 29.8 Å². The van der Waals surface area contributed by atoms with Crippen molar-refractivity contribution in [2.24, 2.45) is 0 Å². The van der Waals surface area contributed by atoms with Gasteiger partial charge < -0.3 is 5.32 Å². The van der Waals surface area contributed by atoms with Crippen LogP contribution >= 0.6 is 11.6 Å². The molecule has 1 amide bonds. The zero-order valence-electron chi connectivity index (χ0n) is 13.2. The van der Waals surface area contributed by atoms with Gasteiger partial charge >= 0.3 is 0 Å². The molecule has 0 spiro atoms. The number of nitrogens with one attached hydrogen (secondary N) is 1. The van der Waals surface area contributed by atoms with Gasteiger partial charge in [0.1, 0.15) is 0 Å². The van der Waals surface area contributed by atoms with Crippen LogP contribution in [0.2, 0.25) is 5.02 Å². The van der Waals surface area contributed by atoms with E-state index in [1.165, 1.54) is 16.7 Å². The minimum atomic E-state index is 0.0561. The third-order valence-corrected chi connectivity index (χ3v) is 5.91. The molecule has 2 aromatic rings. The van der Waals surface area contributed by atoms with E-state index in [2.05, 4.69) is 36.5 Å². The molecule has 0 saturated carbocycles. The zero-order chi connectivity index (χ0) is 16.0. The van der Waals surface area contributed by atoms with E-state index in [4.69, 9.17) is 11.6 Å². The van der Waals surface area contributed by atoms with E-state index in [1.807, 2.05) is 18.2 Å². The molecule has 0 radical (unpaired) electrons.